The highest BCUT2D eigenvalue weighted by atomic mass is 32.2. The molecule has 0 aliphatic rings. The molecular formula is C11H18BNO4S. The predicted octanol–water partition coefficient (Wildman–Crippen LogP) is 0.143. The van der Waals surface area contributed by atoms with Gasteiger partial charge in [-0.25, -0.2) is 13.1 Å². The van der Waals surface area contributed by atoms with E-state index >= 15 is 0 Å². The summed E-state index contributed by atoms with van der Waals surface area (Å²) in [6.45, 7) is 3.43. The van der Waals surface area contributed by atoms with Crippen molar-refractivity contribution in [3.05, 3.63) is 35.9 Å². The summed E-state index contributed by atoms with van der Waals surface area (Å²) in [6, 6.07) is 8.73. The molecular weight excluding hydrogens is 253 g/mol. The summed E-state index contributed by atoms with van der Waals surface area (Å²) in [7, 11) is -5.31. The standard InChI is InChI=1S/C11H18BNO4S/c1-9(2)11(12(14)15)13-18(16,17)8-10-6-4-3-5-7-10/h3-7,9,11,13-15H,8H2,1-2H3. The highest BCUT2D eigenvalue weighted by Gasteiger charge is 2.30. The summed E-state index contributed by atoms with van der Waals surface area (Å²) in [4.78, 5) is 0. The van der Waals surface area contributed by atoms with Crippen LogP contribution in [0.2, 0.25) is 0 Å². The van der Waals surface area contributed by atoms with Gasteiger partial charge < -0.3 is 10.0 Å². The maximum absolute atomic E-state index is 11.9. The van der Waals surface area contributed by atoms with Crippen LogP contribution in [0.1, 0.15) is 19.4 Å². The van der Waals surface area contributed by atoms with Crippen LogP contribution in [0.25, 0.3) is 0 Å². The fourth-order valence-electron chi connectivity index (χ4n) is 1.58. The van der Waals surface area contributed by atoms with Crippen molar-refractivity contribution in [3.8, 4) is 0 Å². The van der Waals surface area contributed by atoms with Crippen LogP contribution in [-0.4, -0.2) is 31.5 Å². The Labute approximate surface area is 108 Å². The van der Waals surface area contributed by atoms with E-state index in [4.69, 9.17) is 10.0 Å². The van der Waals surface area contributed by atoms with E-state index in [1.165, 1.54) is 0 Å². The molecule has 0 aliphatic heterocycles. The average molecular weight is 271 g/mol. The Balaban J connectivity index is 2.76. The van der Waals surface area contributed by atoms with Gasteiger partial charge in [-0.1, -0.05) is 44.2 Å². The van der Waals surface area contributed by atoms with Crippen LogP contribution in [0.3, 0.4) is 0 Å². The van der Waals surface area contributed by atoms with Crippen LogP contribution in [-0.2, 0) is 15.8 Å². The molecule has 0 heterocycles. The van der Waals surface area contributed by atoms with Gasteiger partial charge in [0.25, 0.3) is 0 Å². The predicted molar refractivity (Wildman–Crippen MR) is 71.0 cm³/mol. The van der Waals surface area contributed by atoms with Crippen molar-refractivity contribution in [3.63, 3.8) is 0 Å². The molecule has 0 bridgehead atoms. The topological polar surface area (TPSA) is 86.6 Å². The third-order valence-electron chi connectivity index (χ3n) is 2.55. The van der Waals surface area contributed by atoms with Crippen LogP contribution in [0, 0.1) is 5.92 Å². The third kappa shape index (κ3) is 4.77. The lowest BCUT2D eigenvalue weighted by atomic mass is 9.74. The van der Waals surface area contributed by atoms with E-state index in [1.807, 2.05) is 0 Å². The molecule has 3 N–H and O–H groups in total. The van der Waals surface area contributed by atoms with Gasteiger partial charge in [-0.3, -0.25) is 0 Å². The molecule has 0 saturated carbocycles. The maximum Gasteiger partial charge on any atom is 0.471 e. The molecule has 1 rings (SSSR count). The highest BCUT2D eigenvalue weighted by Crippen LogP contribution is 2.09. The molecule has 0 amide bonds. The van der Waals surface area contributed by atoms with Gasteiger partial charge in [-0.2, -0.15) is 0 Å². The van der Waals surface area contributed by atoms with Crippen molar-refractivity contribution in [1.29, 1.82) is 0 Å². The Morgan fingerprint density at radius 2 is 1.78 bits per heavy atom. The first kappa shape index (κ1) is 15.2. The number of hydrogen-bond acceptors (Lipinski definition) is 4. The summed E-state index contributed by atoms with van der Waals surface area (Å²) in [6.07, 6.45) is 0. The fourth-order valence-corrected chi connectivity index (χ4v) is 3.11. The minimum absolute atomic E-state index is 0.177. The summed E-state index contributed by atoms with van der Waals surface area (Å²) < 4.78 is 26.1. The first-order valence-corrected chi connectivity index (χ1v) is 7.37. The third-order valence-corrected chi connectivity index (χ3v) is 3.90. The summed E-state index contributed by atoms with van der Waals surface area (Å²) in [5.41, 5.74) is 0.653. The van der Waals surface area contributed by atoms with Gasteiger partial charge in [-0.15, -0.1) is 0 Å². The SMILES string of the molecule is CC(C)C(NS(=O)(=O)Cc1ccccc1)B(O)O. The second kappa shape index (κ2) is 6.33. The van der Waals surface area contributed by atoms with E-state index in [0.717, 1.165) is 0 Å². The summed E-state index contributed by atoms with van der Waals surface area (Å²) in [5.74, 6) is -1.29. The van der Waals surface area contributed by atoms with Crippen molar-refractivity contribution >= 4 is 17.1 Å². The molecule has 0 aliphatic carbocycles. The molecule has 0 saturated heterocycles. The van der Waals surface area contributed by atoms with Gasteiger partial charge in [0.05, 0.1) is 11.7 Å². The Bertz CT molecular complexity index is 453. The van der Waals surface area contributed by atoms with Crippen molar-refractivity contribution in [2.24, 2.45) is 5.92 Å². The second-order valence-electron chi connectivity index (χ2n) is 4.55. The number of nitrogens with one attached hydrogen (secondary N) is 1. The van der Waals surface area contributed by atoms with Crippen LogP contribution in [0.15, 0.2) is 30.3 Å². The highest BCUT2D eigenvalue weighted by molar-refractivity contribution is 7.88. The normalized spacial score (nSPS) is 13.6. The Kier molecular flexibility index (Phi) is 5.34. The van der Waals surface area contributed by atoms with E-state index in [1.54, 1.807) is 44.2 Å². The molecule has 1 aromatic carbocycles. The molecule has 7 heteroatoms. The van der Waals surface area contributed by atoms with Crippen molar-refractivity contribution in [2.45, 2.75) is 25.5 Å². The zero-order valence-corrected chi connectivity index (χ0v) is 11.3. The molecule has 0 radical (unpaired) electrons. The van der Waals surface area contributed by atoms with Crippen molar-refractivity contribution in [1.82, 2.24) is 4.72 Å². The lowest BCUT2D eigenvalue weighted by Gasteiger charge is -2.21. The number of rotatable bonds is 6. The first-order chi connectivity index (χ1) is 8.32. The quantitative estimate of drug-likeness (QED) is 0.642. The zero-order chi connectivity index (χ0) is 13.8. The average Bonchev–Trinajstić information content (AvgIpc) is 2.26. The molecule has 18 heavy (non-hydrogen) atoms. The van der Waals surface area contributed by atoms with Crippen molar-refractivity contribution in [2.75, 3.05) is 0 Å². The molecule has 0 spiro atoms. The lowest BCUT2D eigenvalue weighted by molar-refractivity contribution is 0.355. The molecule has 0 fully saturated rings. The Morgan fingerprint density at radius 1 is 1.22 bits per heavy atom. The molecule has 100 valence electrons. The minimum Gasteiger partial charge on any atom is -0.426 e. The molecule has 0 aromatic heterocycles. The number of sulfonamides is 1. The molecule has 1 atom stereocenters. The Morgan fingerprint density at radius 3 is 2.22 bits per heavy atom. The van der Waals surface area contributed by atoms with Gasteiger partial charge >= 0.3 is 7.12 Å². The number of benzene rings is 1. The van der Waals surface area contributed by atoms with Gasteiger partial charge in [0.15, 0.2) is 0 Å². The van der Waals surface area contributed by atoms with E-state index in [-0.39, 0.29) is 11.7 Å². The van der Waals surface area contributed by atoms with Crippen LogP contribution >= 0.6 is 0 Å². The molecule has 1 unspecified atom stereocenters. The largest absolute Gasteiger partial charge is 0.471 e. The van der Waals surface area contributed by atoms with Crippen LogP contribution in [0.5, 0.6) is 0 Å². The summed E-state index contributed by atoms with van der Waals surface area (Å²) >= 11 is 0. The van der Waals surface area contributed by atoms with Gasteiger partial charge in [0.1, 0.15) is 0 Å². The van der Waals surface area contributed by atoms with Crippen LogP contribution < -0.4 is 4.72 Å². The van der Waals surface area contributed by atoms with Gasteiger partial charge in [-0.05, 0) is 11.5 Å². The minimum atomic E-state index is -3.59. The van der Waals surface area contributed by atoms with Crippen molar-refractivity contribution < 1.29 is 18.5 Å². The smallest absolute Gasteiger partial charge is 0.426 e. The lowest BCUT2D eigenvalue weighted by Crippen LogP contribution is -2.49. The molecule has 1 aromatic rings. The zero-order valence-electron chi connectivity index (χ0n) is 10.4. The monoisotopic (exact) mass is 271 g/mol. The van der Waals surface area contributed by atoms with Crippen LogP contribution in [0.4, 0.5) is 0 Å². The fraction of sp³-hybridized carbons (Fsp3) is 0.455. The van der Waals surface area contributed by atoms with Gasteiger partial charge in [0, 0.05) is 0 Å². The second-order valence-corrected chi connectivity index (χ2v) is 6.30. The van der Waals surface area contributed by atoms with E-state index in [0.29, 0.717) is 5.56 Å². The Hall–Kier alpha value is -0.885. The number of hydrogen-bond donors (Lipinski definition) is 3. The van der Waals surface area contributed by atoms with E-state index in [9.17, 15) is 8.42 Å². The van der Waals surface area contributed by atoms with E-state index in [2.05, 4.69) is 4.72 Å². The first-order valence-electron chi connectivity index (χ1n) is 5.72. The van der Waals surface area contributed by atoms with Gasteiger partial charge in [0.2, 0.25) is 10.0 Å². The maximum atomic E-state index is 11.9. The molecule has 5 nitrogen and oxygen atoms in total. The summed E-state index contributed by atoms with van der Waals surface area (Å²) in [5, 5.41) is 18.3. The van der Waals surface area contributed by atoms with E-state index < -0.39 is 23.1 Å².